The third-order valence-electron chi connectivity index (χ3n) is 0.887. The lowest BCUT2D eigenvalue weighted by Gasteiger charge is -1.92. The summed E-state index contributed by atoms with van der Waals surface area (Å²) in [6, 6.07) is 0. The minimum atomic E-state index is 0.941. The van der Waals surface area contributed by atoms with E-state index in [0.717, 1.165) is 6.42 Å². The van der Waals surface area contributed by atoms with Crippen LogP contribution in [0.3, 0.4) is 0 Å². The van der Waals surface area contributed by atoms with Gasteiger partial charge >= 0.3 is 0 Å². The maximum atomic E-state index is 3.69. The molecule has 0 N–H and O–H groups in total. The average Bonchev–Trinajstić information content (AvgIpc) is 1.65. The van der Waals surface area contributed by atoms with Crippen molar-refractivity contribution < 1.29 is 0 Å². The van der Waals surface area contributed by atoms with Crippen LogP contribution in [0.1, 0.15) is 20.3 Å². The molecule has 0 nitrogen and oxygen atoms in total. The van der Waals surface area contributed by atoms with E-state index >= 15 is 0 Å². The van der Waals surface area contributed by atoms with Crippen LogP contribution in [0.2, 0.25) is 0 Å². The lowest BCUT2D eigenvalue weighted by molar-refractivity contribution is 1.20. The molecule has 0 spiro atoms. The van der Waals surface area contributed by atoms with Gasteiger partial charge in [-0.3, -0.25) is 0 Å². The summed E-state index contributed by atoms with van der Waals surface area (Å²) in [5.74, 6) is 0. The van der Waals surface area contributed by atoms with E-state index in [-0.39, 0.29) is 0 Å². The third kappa shape index (κ3) is 2.01. The van der Waals surface area contributed by atoms with Gasteiger partial charge in [0.25, 0.3) is 0 Å². The van der Waals surface area contributed by atoms with Crippen molar-refractivity contribution in [3.05, 3.63) is 18.6 Å². The van der Waals surface area contributed by atoms with E-state index in [1.807, 2.05) is 6.92 Å². The summed E-state index contributed by atoms with van der Waals surface area (Å²) in [6.45, 7) is 7.79. The molecule has 6 heavy (non-hydrogen) atoms. The molecule has 0 radical (unpaired) electrons. The van der Waals surface area contributed by atoms with Gasteiger partial charge in [0.05, 0.1) is 0 Å². The first-order valence-corrected chi connectivity index (χ1v) is 2.22. The van der Waals surface area contributed by atoms with Crippen molar-refractivity contribution in [3.63, 3.8) is 0 Å². The Hall–Kier alpha value is -0.260. The van der Waals surface area contributed by atoms with Crippen molar-refractivity contribution in [1.29, 1.82) is 0 Å². The van der Waals surface area contributed by atoms with Crippen LogP contribution in [0, 0.1) is 6.92 Å². The zero-order chi connectivity index (χ0) is 4.99. The van der Waals surface area contributed by atoms with E-state index in [4.69, 9.17) is 0 Å². The monoisotopic (exact) mass is 83.1 g/mol. The minimum Gasteiger partial charge on any atom is -0.339 e. The van der Waals surface area contributed by atoms with E-state index in [1.165, 1.54) is 5.57 Å². The molecular formula is C6H11-. The highest BCUT2D eigenvalue weighted by Crippen LogP contribution is 1.93. The Morgan fingerprint density at radius 1 is 1.83 bits per heavy atom. The Balaban J connectivity index is 3.22. The predicted octanol–water partition coefficient (Wildman–Crippen LogP) is 2.18. The van der Waals surface area contributed by atoms with Gasteiger partial charge in [-0.25, -0.2) is 0 Å². The first-order valence-electron chi connectivity index (χ1n) is 2.22. The maximum Gasteiger partial charge on any atom is -0.0465 e. The average molecular weight is 83.2 g/mol. The van der Waals surface area contributed by atoms with Gasteiger partial charge in [0.1, 0.15) is 0 Å². The van der Waals surface area contributed by atoms with Gasteiger partial charge in [0.2, 0.25) is 0 Å². The smallest absolute Gasteiger partial charge is 0.0465 e. The molecule has 0 bridgehead atoms. The SMILES string of the molecule is [CH2-]C/C(C)=C\C. The van der Waals surface area contributed by atoms with Crippen LogP contribution < -0.4 is 0 Å². The Morgan fingerprint density at radius 2 is 2.33 bits per heavy atom. The fourth-order valence-electron chi connectivity index (χ4n) is 0.144. The van der Waals surface area contributed by atoms with Crippen molar-refractivity contribution in [3.8, 4) is 0 Å². The fourth-order valence-corrected chi connectivity index (χ4v) is 0.144. The number of hydrogen-bond donors (Lipinski definition) is 0. The first-order chi connectivity index (χ1) is 2.81. The van der Waals surface area contributed by atoms with Gasteiger partial charge in [-0.15, -0.1) is 5.57 Å². The Kier molecular flexibility index (Phi) is 2.82. The van der Waals surface area contributed by atoms with Gasteiger partial charge in [-0.1, -0.05) is 6.08 Å². The molecule has 0 aromatic heterocycles. The standard InChI is InChI=1S/C6H11/c1-4-6(3)5-2/h5H,1,4H2,2-3H3/q-1/b6-5-. The molecule has 0 unspecified atom stereocenters. The summed E-state index contributed by atoms with van der Waals surface area (Å²) in [7, 11) is 0. The van der Waals surface area contributed by atoms with E-state index in [1.54, 1.807) is 0 Å². The largest absolute Gasteiger partial charge is 0.339 e. The van der Waals surface area contributed by atoms with Crippen LogP contribution in [0.5, 0.6) is 0 Å². The van der Waals surface area contributed by atoms with Crippen LogP contribution >= 0.6 is 0 Å². The van der Waals surface area contributed by atoms with Crippen LogP contribution in [0.15, 0.2) is 11.6 Å². The van der Waals surface area contributed by atoms with Gasteiger partial charge < -0.3 is 6.92 Å². The lowest BCUT2D eigenvalue weighted by atomic mass is 10.2. The summed E-state index contributed by atoms with van der Waals surface area (Å²) in [6.07, 6.45) is 3.02. The topological polar surface area (TPSA) is 0 Å². The van der Waals surface area contributed by atoms with Crippen LogP contribution in [0.4, 0.5) is 0 Å². The Bertz CT molecular complexity index is 51.1. The summed E-state index contributed by atoms with van der Waals surface area (Å²) in [4.78, 5) is 0. The molecular weight excluding hydrogens is 72.1 g/mol. The fraction of sp³-hybridized carbons (Fsp3) is 0.500. The highest BCUT2D eigenvalue weighted by atomic mass is 13.8. The van der Waals surface area contributed by atoms with Gasteiger partial charge in [0, 0.05) is 0 Å². The molecule has 0 aliphatic rings. The zero-order valence-electron chi connectivity index (χ0n) is 4.49. The highest BCUT2D eigenvalue weighted by Gasteiger charge is 1.66. The number of rotatable bonds is 1. The summed E-state index contributed by atoms with van der Waals surface area (Å²) in [5, 5.41) is 0. The van der Waals surface area contributed by atoms with Gasteiger partial charge in [0.15, 0.2) is 0 Å². The highest BCUT2D eigenvalue weighted by molar-refractivity contribution is 4.95. The molecule has 36 valence electrons. The molecule has 0 aromatic rings. The molecule has 0 fully saturated rings. The van der Waals surface area contributed by atoms with Crippen molar-refractivity contribution in [2.75, 3.05) is 0 Å². The van der Waals surface area contributed by atoms with Crippen molar-refractivity contribution >= 4 is 0 Å². The van der Waals surface area contributed by atoms with Crippen molar-refractivity contribution in [2.24, 2.45) is 0 Å². The molecule has 0 saturated heterocycles. The van der Waals surface area contributed by atoms with Crippen LogP contribution in [0.25, 0.3) is 0 Å². The summed E-state index contributed by atoms with van der Waals surface area (Å²) >= 11 is 0. The lowest BCUT2D eigenvalue weighted by Crippen LogP contribution is -1.64. The normalized spacial score (nSPS) is 12.2. The second-order valence-electron chi connectivity index (χ2n) is 1.39. The maximum absolute atomic E-state index is 3.69. The molecule has 0 atom stereocenters. The Morgan fingerprint density at radius 3 is 2.33 bits per heavy atom. The molecule has 0 saturated carbocycles. The minimum absolute atomic E-state index is 0.941. The molecule has 0 aliphatic heterocycles. The molecule has 0 amide bonds. The van der Waals surface area contributed by atoms with E-state index in [2.05, 4.69) is 19.9 Å². The summed E-state index contributed by atoms with van der Waals surface area (Å²) in [5.41, 5.74) is 1.36. The molecule has 0 aliphatic carbocycles. The molecule has 0 rings (SSSR count). The number of allylic oxidation sites excluding steroid dienone is 2. The van der Waals surface area contributed by atoms with E-state index < -0.39 is 0 Å². The Labute approximate surface area is 39.9 Å². The van der Waals surface area contributed by atoms with Crippen molar-refractivity contribution in [2.45, 2.75) is 20.3 Å². The third-order valence-corrected chi connectivity index (χ3v) is 0.887. The van der Waals surface area contributed by atoms with Gasteiger partial charge in [-0.05, 0) is 13.8 Å². The molecule has 0 heteroatoms. The molecule has 0 heterocycles. The summed E-state index contributed by atoms with van der Waals surface area (Å²) < 4.78 is 0. The zero-order valence-corrected chi connectivity index (χ0v) is 4.49. The van der Waals surface area contributed by atoms with Crippen LogP contribution in [-0.2, 0) is 0 Å². The predicted molar refractivity (Wildman–Crippen MR) is 29.4 cm³/mol. The van der Waals surface area contributed by atoms with E-state index in [0.29, 0.717) is 0 Å². The quantitative estimate of drug-likeness (QED) is 0.336. The second kappa shape index (κ2) is 2.95. The van der Waals surface area contributed by atoms with E-state index in [9.17, 15) is 0 Å². The van der Waals surface area contributed by atoms with Gasteiger partial charge in [-0.2, -0.15) is 6.42 Å². The molecule has 0 aromatic carbocycles. The van der Waals surface area contributed by atoms with Crippen LogP contribution in [-0.4, -0.2) is 0 Å². The second-order valence-corrected chi connectivity index (χ2v) is 1.39. The number of hydrogen-bond acceptors (Lipinski definition) is 0. The van der Waals surface area contributed by atoms with Crippen molar-refractivity contribution in [1.82, 2.24) is 0 Å². The first kappa shape index (κ1) is 5.74.